The highest BCUT2D eigenvalue weighted by Crippen LogP contribution is 2.19. The number of nitrogens with one attached hydrogen (secondary N) is 1. The summed E-state index contributed by atoms with van der Waals surface area (Å²) in [5.41, 5.74) is 1.69. The van der Waals surface area contributed by atoms with Crippen LogP contribution in [-0.4, -0.2) is 11.0 Å². The zero-order chi connectivity index (χ0) is 16.2. The molecular weight excluding hydrogens is 281 g/mol. The van der Waals surface area contributed by atoms with Gasteiger partial charge in [-0.05, 0) is 42.7 Å². The maximum Gasteiger partial charge on any atom is 0.224 e. The molecule has 116 valence electrons. The monoisotopic (exact) mass is 301 g/mol. The smallest absolute Gasteiger partial charge is 0.224 e. The molecule has 0 aliphatic rings. The summed E-state index contributed by atoms with van der Waals surface area (Å²) >= 11 is 0. The van der Waals surface area contributed by atoms with E-state index in [1.165, 1.54) is 12.1 Å². The van der Waals surface area contributed by atoms with Crippen molar-refractivity contribution in [3.8, 4) is 0 Å². The fourth-order valence-electron chi connectivity index (χ4n) is 2.08. The molecule has 4 heteroatoms. The Labute approximate surface area is 129 Å². The van der Waals surface area contributed by atoms with Crippen molar-refractivity contribution in [3.63, 3.8) is 0 Å². The molecule has 0 radical (unpaired) electrons. The van der Waals surface area contributed by atoms with Crippen LogP contribution < -0.4 is 5.32 Å². The molecule has 22 heavy (non-hydrogen) atoms. The van der Waals surface area contributed by atoms with Crippen LogP contribution in [-0.2, 0) is 23.4 Å². The predicted molar refractivity (Wildman–Crippen MR) is 83.6 cm³/mol. The van der Waals surface area contributed by atoms with Crippen LogP contribution in [0.3, 0.4) is 0 Å². The maximum absolute atomic E-state index is 12.8. The Bertz CT molecular complexity index is 628. The van der Waals surface area contributed by atoms with Crippen molar-refractivity contribution in [1.29, 1.82) is 0 Å². The van der Waals surface area contributed by atoms with Crippen molar-refractivity contribution in [2.45, 2.75) is 32.4 Å². The number of hydrogen-bond donors (Lipinski definition) is 2. The second-order valence-electron chi connectivity index (χ2n) is 5.84. The van der Waals surface area contributed by atoms with Crippen molar-refractivity contribution in [2.75, 3.05) is 0 Å². The molecule has 0 fully saturated rings. The van der Waals surface area contributed by atoms with E-state index in [0.717, 1.165) is 16.7 Å². The van der Waals surface area contributed by atoms with E-state index < -0.39 is 5.60 Å². The molecule has 3 nitrogen and oxygen atoms in total. The lowest BCUT2D eigenvalue weighted by Crippen LogP contribution is -2.24. The van der Waals surface area contributed by atoms with Crippen LogP contribution in [0.1, 0.15) is 30.5 Å². The Balaban J connectivity index is 1.87. The molecule has 1 amide bonds. The number of amides is 1. The second kappa shape index (κ2) is 6.71. The molecule has 0 aliphatic heterocycles. The van der Waals surface area contributed by atoms with E-state index in [-0.39, 0.29) is 18.1 Å². The molecule has 0 bridgehead atoms. The fraction of sp³-hybridized carbons (Fsp3) is 0.278. The molecule has 0 unspecified atom stereocenters. The van der Waals surface area contributed by atoms with Gasteiger partial charge in [-0.25, -0.2) is 4.39 Å². The SMILES string of the molecule is CC(C)(O)c1ccc(CNC(=O)Cc2ccc(F)cc2)cc1. The maximum atomic E-state index is 12.8. The summed E-state index contributed by atoms with van der Waals surface area (Å²) < 4.78 is 12.8. The lowest BCUT2D eigenvalue weighted by Gasteiger charge is -2.18. The fourth-order valence-corrected chi connectivity index (χ4v) is 2.08. The van der Waals surface area contributed by atoms with E-state index in [9.17, 15) is 14.3 Å². The molecule has 0 aliphatic carbocycles. The topological polar surface area (TPSA) is 49.3 Å². The standard InChI is InChI=1S/C18H20FNO2/c1-18(2,22)15-7-3-14(4-8-15)12-20-17(21)11-13-5-9-16(19)10-6-13/h3-10,22H,11-12H2,1-2H3,(H,20,21). The van der Waals surface area contributed by atoms with Gasteiger partial charge in [0.1, 0.15) is 5.82 Å². The summed E-state index contributed by atoms with van der Waals surface area (Å²) in [4.78, 5) is 11.9. The molecule has 2 rings (SSSR count). The Morgan fingerprint density at radius 1 is 1.05 bits per heavy atom. The van der Waals surface area contributed by atoms with E-state index >= 15 is 0 Å². The second-order valence-corrected chi connectivity index (χ2v) is 5.84. The first kappa shape index (κ1) is 16.2. The molecule has 0 heterocycles. The number of carbonyl (C=O) groups excluding carboxylic acids is 1. The minimum absolute atomic E-state index is 0.113. The number of carbonyl (C=O) groups is 1. The van der Waals surface area contributed by atoms with Gasteiger partial charge in [0.15, 0.2) is 0 Å². The Morgan fingerprint density at radius 2 is 1.59 bits per heavy atom. The molecular formula is C18H20FNO2. The van der Waals surface area contributed by atoms with Crippen molar-refractivity contribution in [3.05, 3.63) is 71.0 Å². The highest BCUT2D eigenvalue weighted by Gasteiger charge is 2.15. The average molecular weight is 301 g/mol. The van der Waals surface area contributed by atoms with E-state index in [0.29, 0.717) is 6.54 Å². The predicted octanol–water partition coefficient (Wildman–Crippen LogP) is 2.91. The van der Waals surface area contributed by atoms with Crippen molar-refractivity contribution < 1.29 is 14.3 Å². The van der Waals surface area contributed by atoms with Gasteiger partial charge in [0, 0.05) is 6.54 Å². The molecule has 0 saturated heterocycles. The average Bonchev–Trinajstić information content (AvgIpc) is 2.47. The molecule has 0 saturated carbocycles. The van der Waals surface area contributed by atoms with E-state index in [1.54, 1.807) is 26.0 Å². The van der Waals surface area contributed by atoms with Crippen LogP contribution in [0.4, 0.5) is 4.39 Å². The number of rotatable bonds is 5. The summed E-state index contributed by atoms with van der Waals surface area (Å²) in [6.45, 7) is 3.88. The lowest BCUT2D eigenvalue weighted by atomic mass is 9.97. The van der Waals surface area contributed by atoms with Crippen LogP contribution in [0.15, 0.2) is 48.5 Å². The van der Waals surface area contributed by atoms with Crippen LogP contribution in [0.2, 0.25) is 0 Å². The molecule has 2 aromatic rings. The zero-order valence-corrected chi connectivity index (χ0v) is 12.8. The van der Waals surface area contributed by atoms with Gasteiger partial charge in [-0.2, -0.15) is 0 Å². The molecule has 2 aromatic carbocycles. The lowest BCUT2D eigenvalue weighted by molar-refractivity contribution is -0.120. The van der Waals surface area contributed by atoms with Gasteiger partial charge in [-0.1, -0.05) is 36.4 Å². The van der Waals surface area contributed by atoms with Crippen LogP contribution in [0, 0.1) is 5.82 Å². The largest absolute Gasteiger partial charge is 0.386 e. The van der Waals surface area contributed by atoms with E-state index in [4.69, 9.17) is 0 Å². The summed E-state index contributed by atoms with van der Waals surface area (Å²) in [6.07, 6.45) is 0.224. The third-order valence-electron chi connectivity index (χ3n) is 3.43. The van der Waals surface area contributed by atoms with Gasteiger partial charge in [0.2, 0.25) is 5.91 Å². The van der Waals surface area contributed by atoms with Crippen LogP contribution in [0.25, 0.3) is 0 Å². The van der Waals surface area contributed by atoms with Gasteiger partial charge < -0.3 is 10.4 Å². The quantitative estimate of drug-likeness (QED) is 0.892. The molecule has 0 spiro atoms. The van der Waals surface area contributed by atoms with Gasteiger partial charge in [0.25, 0.3) is 0 Å². The normalized spacial score (nSPS) is 11.3. The first-order valence-corrected chi connectivity index (χ1v) is 7.17. The summed E-state index contributed by atoms with van der Waals surface area (Å²) in [5, 5.41) is 12.7. The van der Waals surface area contributed by atoms with Gasteiger partial charge >= 0.3 is 0 Å². The highest BCUT2D eigenvalue weighted by atomic mass is 19.1. The minimum Gasteiger partial charge on any atom is -0.386 e. The zero-order valence-electron chi connectivity index (χ0n) is 12.8. The van der Waals surface area contributed by atoms with Crippen LogP contribution in [0.5, 0.6) is 0 Å². The van der Waals surface area contributed by atoms with Gasteiger partial charge in [-0.3, -0.25) is 4.79 Å². The summed E-state index contributed by atoms with van der Waals surface area (Å²) in [6, 6.07) is 13.4. The highest BCUT2D eigenvalue weighted by molar-refractivity contribution is 5.78. The van der Waals surface area contributed by atoms with E-state index in [1.807, 2.05) is 24.3 Å². The van der Waals surface area contributed by atoms with Gasteiger partial charge in [-0.15, -0.1) is 0 Å². The minimum atomic E-state index is -0.871. The number of aliphatic hydroxyl groups is 1. The first-order chi connectivity index (χ1) is 10.3. The molecule has 0 aromatic heterocycles. The van der Waals surface area contributed by atoms with Gasteiger partial charge in [0.05, 0.1) is 12.0 Å². The number of hydrogen-bond acceptors (Lipinski definition) is 2. The number of halogens is 1. The Morgan fingerprint density at radius 3 is 2.14 bits per heavy atom. The van der Waals surface area contributed by atoms with E-state index in [2.05, 4.69) is 5.32 Å². The third kappa shape index (κ3) is 4.67. The van der Waals surface area contributed by atoms with Crippen molar-refractivity contribution in [1.82, 2.24) is 5.32 Å². The van der Waals surface area contributed by atoms with Crippen LogP contribution >= 0.6 is 0 Å². The van der Waals surface area contributed by atoms with Crippen molar-refractivity contribution >= 4 is 5.91 Å². The third-order valence-corrected chi connectivity index (χ3v) is 3.43. The Kier molecular flexibility index (Phi) is 4.93. The molecule has 0 atom stereocenters. The summed E-state index contributed by atoms with van der Waals surface area (Å²) in [7, 11) is 0. The summed E-state index contributed by atoms with van der Waals surface area (Å²) in [5.74, 6) is -0.422. The number of benzene rings is 2. The van der Waals surface area contributed by atoms with Crippen molar-refractivity contribution in [2.24, 2.45) is 0 Å². The molecule has 2 N–H and O–H groups in total. The first-order valence-electron chi connectivity index (χ1n) is 7.17. The Hall–Kier alpha value is -2.20.